The lowest BCUT2D eigenvalue weighted by atomic mass is 10.0. The van der Waals surface area contributed by atoms with Crippen molar-refractivity contribution in [1.29, 1.82) is 0 Å². The molecule has 0 heterocycles. The molecule has 2 amide bonds. The van der Waals surface area contributed by atoms with Crippen molar-refractivity contribution in [2.45, 2.75) is 19.4 Å². The molecule has 0 aliphatic heterocycles. The topological polar surface area (TPSA) is 76.7 Å². The second kappa shape index (κ2) is 8.73. The van der Waals surface area contributed by atoms with E-state index in [2.05, 4.69) is 10.6 Å². The molecule has 132 valence electrons. The third-order valence-electron chi connectivity index (χ3n) is 3.65. The van der Waals surface area contributed by atoms with Crippen LogP contribution in [0.4, 0.5) is 5.69 Å². The van der Waals surface area contributed by atoms with Crippen LogP contribution >= 0.6 is 0 Å². The fourth-order valence-electron chi connectivity index (χ4n) is 2.48. The number of hydrogen-bond donors (Lipinski definition) is 2. The fraction of sp³-hybridized carbons (Fsp3) is 0.263. The van der Waals surface area contributed by atoms with Crippen LogP contribution in [-0.4, -0.2) is 26.0 Å². The first kappa shape index (κ1) is 18.3. The van der Waals surface area contributed by atoms with Gasteiger partial charge in [-0.1, -0.05) is 30.3 Å². The van der Waals surface area contributed by atoms with Gasteiger partial charge in [-0.25, -0.2) is 0 Å². The van der Waals surface area contributed by atoms with E-state index in [1.54, 1.807) is 25.3 Å². The molecule has 0 unspecified atom stereocenters. The molecule has 0 fully saturated rings. The summed E-state index contributed by atoms with van der Waals surface area (Å²) in [6, 6.07) is 14.1. The van der Waals surface area contributed by atoms with Gasteiger partial charge in [0.25, 0.3) is 0 Å². The molecule has 0 aromatic heterocycles. The molecule has 1 atom stereocenters. The summed E-state index contributed by atoms with van der Waals surface area (Å²) < 4.78 is 10.4. The minimum atomic E-state index is -0.407. The number of ether oxygens (including phenoxy) is 2. The Morgan fingerprint density at radius 1 is 1.04 bits per heavy atom. The van der Waals surface area contributed by atoms with Crippen molar-refractivity contribution >= 4 is 17.5 Å². The lowest BCUT2D eigenvalue weighted by Gasteiger charge is -2.19. The molecule has 25 heavy (non-hydrogen) atoms. The Labute approximate surface area is 147 Å². The summed E-state index contributed by atoms with van der Waals surface area (Å²) in [4.78, 5) is 24.0. The summed E-state index contributed by atoms with van der Waals surface area (Å²) in [6.45, 7) is 1.43. The molecule has 2 N–H and O–H groups in total. The molecule has 2 aromatic carbocycles. The molecule has 0 radical (unpaired) electrons. The van der Waals surface area contributed by atoms with Crippen LogP contribution in [0.2, 0.25) is 0 Å². The number of hydrogen-bond acceptors (Lipinski definition) is 4. The van der Waals surface area contributed by atoms with Crippen molar-refractivity contribution in [3.8, 4) is 11.5 Å². The average molecular weight is 342 g/mol. The highest BCUT2D eigenvalue weighted by Gasteiger charge is 2.18. The highest BCUT2D eigenvalue weighted by molar-refractivity contribution is 5.93. The zero-order chi connectivity index (χ0) is 18.2. The summed E-state index contributed by atoms with van der Waals surface area (Å²) in [6.07, 6.45) is 0.101. The molecule has 0 aliphatic rings. The molecule has 0 bridgehead atoms. The predicted molar refractivity (Wildman–Crippen MR) is 95.8 cm³/mol. The number of methoxy groups -OCH3 is 2. The van der Waals surface area contributed by atoms with Crippen LogP contribution in [0.25, 0.3) is 0 Å². The third-order valence-corrected chi connectivity index (χ3v) is 3.65. The van der Waals surface area contributed by atoms with Gasteiger partial charge in [0.05, 0.1) is 32.4 Å². The normalized spacial score (nSPS) is 11.3. The minimum absolute atomic E-state index is 0.101. The van der Waals surface area contributed by atoms with Gasteiger partial charge in [0.15, 0.2) is 0 Å². The SMILES string of the molecule is COc1ccc(OC)c(NC(=O)C[C@@H](NC(C)=O)c2ccccc2)c1. The van der Waals surface area contributed by atoms with Gasteiger partial charge in [0.1, 0.15) is 11.5 Å². The van der Waals surface area contributed by atoms with Gasteiger partial charge in [0, 0.05) is 13.0 Å². The number of carbonyl (C=O) groups is 2. The first-order valence-corrected chi connectivity index (χ1v) is 7.87. The zero-order valence-electron chi connectivity index (χ0n) is 14.5. The second-order valence-corrected chi connectivity index (χ2v) is 5.48. The number of rotatable bonds is 7. The van der Waals surface area contributed by atoms with Gasteiger partial charge < -0.3 is 20.1 Å². The first-order valence-electron chi connectivity index (χ1n) is 7.87. The zero-order valence-corrected chi connectivity index (χ0v) is 14.5. The maximum Gasteiger partial charge on any atom is 0.226 e. The summed E-state index contributed by atoms with van der Waals surface area (Å²) in [5.41, 5.74) is 1.38. The molecule has 0 spiro atoms. The van der Waals surface area contributed by atoms with Crippen molar-refractivity contribution in [3.05, 3.63) is 54.1 Å². The maximum atomic E-state index is 12.5. The van der Waals surface area contributed by atoms with E-state index < -0.39 is 6.04 Å². The van der Waals surface area contributed by atoms with E-state index in [-0.39, 0.29) is 18.2 Å². The van der Waals surface area contributed by atoms with E-state index in [1.165, 1.54) is 14.0 Å². The van der Waals surface area contributed by atoms with Crippen molar-refractivity contribution in [3.63, 3.8) is 0 Å². The third kappa shape index (κ3) is 5.24. The van der Waals surface area contributed by atoms with Crippen molar-refractivity contribution in [2.24, 2.45) is 0 Å². The largest absolute Gasteiger partial charge is 0.497 e. The van der Waals surface area contributed by atoms with Gasteiger partial charge in [-0.05, 0) is 17.7 Å². The fourth-order valence-corrected chi connectivity index (χ4v) is 2.48. The summed E-state index contributed by atoms with van der Waals surface area (Å²) in [5, 5.41) is 5.62. The molecular formula is C19H22N2O4. The number of anilines is 1. The van der Waals surface area contributed by atoms with Gasteiger partial charge >= 0.3 is 0 Å². The first-order chi connectivity index (χ1) is 12.0. The van der Waals surface area contributed by atoms with Crippen LogP contribution in [0.5, 0.6) is 11.5 Å². The Balaban J connectivity index is 2.15. The number of benzene rings is 2. The van der Waals surface area contributed by atoms with Crippen molar-refractivity contribution < 1.29 is 19.1 Å². The van der Waals surface area contributed by atoms with Crippen LogP contribution in [-0.2, 0) is 9.59 Å². The Kier molecular flexibility index (Phi) is 6.39. The summed E-state index contributed by atoms with van der Waals surface area (Å²) >= 11 is 0. The van der Waals surface area contributed by atoms with Gasteiger partial charge in [-0.2, -0.15) is 0 Å². The van der Waals surface area contributed by atoms with Crippen molar-refractivity contribution in [1.82, 2.24) is 5.32 Å². The van der Waals surface area contributed by atoms with E-state index in [0.717, 1.165) is 5.56 Å². The van der Waals surface area contributed by atoms with Gasteiger partial charge in [-0.3, -0.25) is 9.59 Å². The molecule has 2 aromatic rings. The summed E-state index contributed by atoms with van der Waals surface area (Å²) in [5.74, 6) is 0.706. The lowest BCUT2D eigenvalue weighted by Crippen LogP contribution is -2.29. The molecule has 0 saturated heterocycles. The predicted octanol–water partition coefficient (Wildman–Crippen LogP) is 2.91. The van der Waals surface area contributed by atoms with E-state index in [4.69, 9.17) is 9.47 Å². The standard InChI is InChI=1S/C19H22N2O4/c1-13(22)20-16(14-7-5-4-6-8-14)12-19(23)21-17-11-15(24-2)9-10-18(17)25-3/h4-11,16H,12H2,1-3H3,(H,20,22)(H,21,23)/t16-/m1/s1. The quantitative estimate of drug-likeness (QED) is 0.811. The number of carbonyl (C=O) groups excluding carboxylic acids is 2. The van der Waals surface area contributed by atoms with Crippen LogP contribution in [0, 0.1) is 0 Å². The molecule has 0 aliphatic carbocycles. The smallest absolute Gasteiger partial charge is 0.226 e. The van der Waals surface area contributed by atoms with E-state index >= 15 is 0 Å². The van der Waals surface area contributed by atoms with Crippen LogP contribution in [0.3, 0.4) is 0 Å². The van der Waals surface area contributed by atoms with Crippen LogP contribution in [0.1, 0.15) is 24.9 Å². The number of nitrogens with one attached hydrogen (secondary N) is 2. The highest BCUT2D eigenvalue weighted by Crippen LogP contribution is 2.29. The van der Waals surface area contributed by atoms with E-state index in [0.29, 0.717) is 17.2 Å². The highest BCUT2D eigenvalue weighted by atomic mass is 16.5. The van der Waals surface area contributed by atoms with Crippen LogP contribution in [0.15, 0.2) is 48.5 Å². The Morgan fingerprint density at radius 3 is 2.36 bits per heavy atom. The molecule has 6 heteroatoms. The summed E-state index contributed by atoms with van der Waals surface area (Å²) in [7, 11) is 3.08. The Bertz CT molecular complexity index is 731. The lowest BCUT2D eigenvalue weighted by molar-refractivity contribution is -0.120. The maximum absolute atomic E-state index is 12.5. The molecule has 6 nitrogen and oxygen atoms in total. The molecular weight excluding hydrogens is 320 g/mol. The average Bonchev–Trinajstić information content (AvgIpc) is 2.61. The van der Waals surface area contributed by atoms with Gasteiger partial charge in [-0.15, -0.1) is 0 Å². The number of amides is 2. The van der Waals surface area contributed by atoms with Crippen LogP contribution < -0.4 is 20.1 Å². The molecule has 0 saturated carbocycles. The Hall–Kier alpha value is -3.02. The second-order valence-electron chi connectivity index (χ2n) is 5.48. The minimum Gasteiger partial charge on any atom is -0.497 e. The Morgan fingerprint density at radius 2 is 1.76 bits per heavy atom. The van der Waals surface area contributed by atoms with Gasteiger partial charge in [0.2, 0.25) is 11.8 Å². The molecule has 2 rings (SSSR count). The monoisotopic (exact) mass is 342 g/mol. The van der Waals surface area contributed by atoms with Crippen molar-refractivity contribution in [2.75, 3.05) is 19.5 Å². The van der Waals surface area contributed by atoms with E-state index in [9.17, 15) is 9.59 Å². The van der Waals surface area contributed by atoms with E-state index in [1.807, 2.05) is 30.3 Å².